The van der Waals surface area contributed by atoms with Gasteiger partial charge in [-0.2, -0.15) is 4.98 Å². The molecule has 3 heterocycles. The normalized spacial score (nSPS) is 13.0. The number of allylic oxidation sites excluding steroid dienone is 1. The van der Waals surface area contributed by atoms with E-state index in [1.165, 1.54) is 12.1 Å². The summed E-state index contributed by atoms with van der Waals surface area (Å²) in [4.78, 5) is 15.5. The predicted molar refractivity (Wildman–Crippen MR) is 109 cm³/mol. The minimum absolute atomic E-state index is 0. The molecule has 6 nitrogen and oxygen atoms in total. The van der Waals surface area contributed by atoms with Crippen molar-refractivity contribution in [3.8, 4) is 5.88 Å². The lowest BCUT2D eigenvalue weighted by atomic mass is 10.1. The van der Waals surface area contributed by atoms with Gasteiger partial charge in [0, 0.05) is 30.1 Å². The Labute approximate surface area is 167 Å². The van der Waals surface area contributed by atoms with E-state index in [0.717, 1.165) is 16.7 Å². The molecule has 3 N–H and O–H groups in total. The molecule has 1 aliphatic heterocycles. The van der Waals surface area contributed by atoms with Crippen molar-refractivity contribution >= 4 is 54.4 Å². The van der Waals surface area contributed by atoms with Crippen molar-refractivity contribution in [3.63, 3.8) is 0 Å². The van der Waals surface area contributed by atoms with Crippen molar-refractivity contribution in [3.05, 3.63) is 65.2 Å². The summed E-state index contributed by atoms with van der Waals surface area (Å²) in [5.41, 5.74) is 3.12. The molecule has 0 saturated heterocycles. The summed E-state index contributed by atoms with van der Waals surface area (Å²) >= 11 is 0. The number of rotatable bonds is 4. The van der Waals surface area contributed by atoms with E-state index in [1.807, 2.05) is 12.1 Å². The van der Waals surface area contributed by atoms with E-state index >= 15 is 0 Å². The van der Waals surface area contributed by atoms with Crippen molar-refractivity contribution in [2.75, 3.05) is 5.32 Å². The van der Waals surface area contributed by atoms with Gasteiger partial charge in [0.25, 0.3) is 0 Å². The van der Waals surface area contributed by atoms with E-state index in [-0.39, 0.29) is 36.5 Å². The van der Waals surface area contributed by atoms with E-state index in [9.17, 15) is 9.50 Å². The summed E-state index contributed by atoms with van der Waals surface area (Å²) in [6.07, 6.45) is 5.15. The highest BCUT2D eigenvalue weighted by atomic mass is 35.5. The predicted octanol–water partition coefficient (Wildman–Crippen LogP) is 4.36. The van der Waals surface area contributed by atoms with Crippen LogP contribution in [0.2, 0.25) is 0 Å². The molecular formula is C18H16Cl2FN5O. The number of aromatic hydroxyl groups is 1. The van der Waals surface area contributed by atoms with Gasteiger partial charge in [0.1, 0.15) is 11.5 Å². The van der Waals surface area contributed by atoms with Gasteiger partial charge in [0.05, 0.1) is 0 Å². The van der Waals surface area contributed by atoms with E-state index in [0.29, 0.717) is 24.0 Å². The van der Waals surface area contributed by atoms with Crippen LogP contribution in [0, 0.1) is 5.82 Å². The van der Waals surface area contributed by atoms with Crippen LogP contribution in [-0.2, 0) is 6.54 Å². The minimum atomic E-state index is -0.277. The first kappa shape index (κ1) is 20.4. The standard InChI is InChI=1S/C18H14FN5O.2ClH/c19-13-5-3-11(4-6-13)9-22-18-23-15(17(25)24-18)8-12-10-21-16-14(12)2-1-7-20-16;;/h1-8,10,25H,9H2,(H2,22,23,24);2*1H. The van der Waals surface area contributed by atoms with Crippen LogP contribution in [0.1, 0.15) is 16.8 Å². The average molecular weight is 408 g/mol. The smallest absolute Gasteiger partial charge is 0.238 e. The molecule has 0 saturated carbocycles. The maximum Gasteiger partial charge on any atom is 0.238 e. The Balaban J connectivity index is 0.00000131. The van der Waals surface area contributed by atoms with Crippen LogP contribution in [0.15, 0.2) is 47.6 Å². The van der Waals surface area contributed by atoms with Crippen LogP contribution < -0.4 is 5.32 Å². The fourth-order valence-electron chi connectivity index (χ4n) is 2.55. The summed E-state index contributed by atoms with van der Waals surface area (Å²) in [7, 11) is 0. The molecule has 0 fully saturated rings. The van der Waals surface area contributed by atoms with Crippen LogP contribution in [0.3, 0.4) is 0 Å². The lowest BCUT2D eigenvalue weighted by Gasteiger charge is -2.02. The van der Waals surface area contributed by atoms with Gasteiger partial charge < -0.3 is 15.4 Å². The Morgan fingerprint density at radius 3 is 2.70 bits per heavy atom. The molecule has 3 aromatic rings. The van der Waals surface area contributed by atoms with Crippen molar-refractivity contribution in [2.45, 2.75) is 6.54 Å². The molecule has 4 rings (SSSR count). The number of H-pyrrole nitrogens is 1. The molecule has 9 heteroatoms. The molecule has 0 unspecified atom stereocenters. The Kier molecular flexibility index (Phi) is 6.55. The number of hydrogen-bond donors (Lipinski definition) is 3. The Morgan fingerprint density at radius 1 is 1.15 bits per heavy atom. The van der Waals surface area contributed by atoms with E-state index in [1.54, 1.807) is 30.6 Å². The third-order valence-corrected chi connectivity index (χ3v) is 3.81. The fraction of sp³-hybridized carbons (Fsp3) is 0.0556. The molecule has 27 heavy (non-hydrogen) atoms. The second-order valence-corrected chi connectivity index (χ2v) is 5.54. The Bertz CT molecular complexity index is 986. The van der Waals surface area contributed by atoms with Crippen LogP contribution in [0.25, 0.3) is 11.6 Å². The van der Waals surface area contributed by atoms with Gasteiger partial charge >= 0.3 is 0 Å². The highest BCUT2D eigenvalue weighted by molar-refractivity contribution is 6.20. The number of imidazole rings is 1. The average Bonchev–Trinajstić information content (AvgIpc) is 3.19. The summed E-state index contributed by atoms with van der Waals surface area (Å²) < 4.78 is 12.9. The monoisotopic (exact) mass is 407 g/mol. The number of nitrogens with zero attached hydrogens (tertiary/aromatic N) is 3. The number of anilines is 1. The zero-order chi connectivity index (χ0) is 17.2. The second kappa shape index (κ2) is 8.66. The van der Waals surface area contributed by atoms with Crippen LogP contribution in [-0.4, -0.2) is 26.3 Å². The Hall–Kier alpha value is -2.90. The maximum atomic E-state index is 12.9. The summed E-state index contributed by atoms with van der Waals surface area (Å²) in [5.74, 6) is 0.693. The molecule has 0 spiro atoms. The first-order valence-corrected chi connectivity index (χ1v) is 7.67. The lowest BCUT2D eigenvalue weighted by molar-refractivity contribution is 0.455. The van der Waals surface area contributed by atoms with Gasteiger partial charge in [-0.15, -0.1) is 24.8 Å². The summed E-state index contributed by atoms with van der Waals surface area (Å²) in [6, 6.07) is 9.93. The molecule has 0 aliphatic carbocycles. The number of aromatic nitrogens is 3. The third kappa shape index (κ3) is 4.45. The fourth-order valence-corrected chi connectivity index (χ4v) is 2.55. The maximum absolute atomic E-state index is 12.9. The molecule has 0 radical (unpaired) electrons. The minimum Gasteiger partial charge on any atom is -0.492 e. The Morgan fingerprint density at radius 2 is 1.93 bits per heavy atom. The highest BCUT2D eigenvalue weighted by Crippen LogP contribution is 2.31. The van der Waals surface area contributed by atoms with Crippen LogP contribution >= 0.6 is 24.8 Å². The van der Waals surface area contributed by atoms with Gasteiger partial charge in [0.15, 0.2) is 5.82 Å². The molecular weight excluding hydrogens is 392 g/mol. The number of fused-ring (bicyclic) bond motifs is 1. The number of nitrogens with one attached hydrogen (secondary N) is 2. The molecule has 0 amide bonds. The second-order valence-electron chi connectivity index (χ2n) is 5.54. The number of benzene rings is 1. The molecule has 0 atom stereocenters. The number of aliphatic imine (C=N–C) groups is 1. The van der Waals surface area contributed by atoms with Crippen molar-refractivity contribution < 1.29 is 9.50 Å². The van der Waals surface area contributed by atoms with Crippen molar-refractivity contribution in [1.29, 1.82) is 0 Å². The molecule has 1 aliphatic rings. The van der Waals surface area contributed by atoms with Crippen LogP contribution in [0.4, 0.5) is 16.2 Å². The molecule has 0 bridgehead atoms. The SMILES string of the molecule is Cl.Cl.Oc1nc(NCc2ccc(F)cc2)[nH]c1C=C1C=Nc2ncccc21. The van der Waals surface area contributed by atoms with E-state index < -0.39 is 0 Å². The lowest BCUT2D eigenvalue weighted by Crippen LogP contribution is -2.00. The largest absolute Gasteiger partial charge is 0.492 e. The topological polar surface area (TPSA) is 86.2 Å². The van der Waals surface area contributed by atoms with E-state index in [4.69, 9.17) is 0 Å². The third-order valence-electron chi connectivity index (χ3n) is 3.81. The molecule has 140 valence electrons. The zero-order valence-electron chi connectivity index (χ0n) is 13.9. The summed E-state index contributed by atoms with van der Waals surface area (Å²) in [6.45, 7) is 0.456. The van der Waals surface area contributed by atoms with Crippen LogP contribution in [0.5, 0.6) is 5.88 Å². The number of aromatic amines is 1. The van der Waals surface area contributed by atoms with Gasteiger partial charge in [-0.1, -0.05) is 12.1 Å². The van der Waals surface area contributed by atoms with Gasteiger partial charge in [-0.3, -0.25) is 0 Å². The first-order valence-electron chi connectivity index (χ1n) is 7.67. The summed E-state index contributed by atoms with van der Waals surface area (Å²) in [5, 5.41) is 13.1. The zero-order valence-corrected chi connectivity index (χ0v) is 15.5. The first-order chi connectivity index (χ1) is 12.2. The van der Waals surface area contributed by atoms with Crippen molar-refractivity contribution in [1.82, 2.24) is 15.0 Å². The molecule has 1 aromatic carbocycles. The highest BCUT2D eigenvalue weighted by Gasteiger charge is 2.14. The van der Waals surface area contributed by atoms with Gasteiger partial charge in [0.2, 0.25) is 11.8 Å². The van der Waals surface area contributed by atoms with Gasteiger partial charge in [-0.25, -0.2) is 14.4 Å². The quantitative estimate of drug-likeness (QED) is 0.599. The molecule has 2 aromatic heterocycles. The number of halogens is 3. The van der Waals surface area contributed by atoms with Crippen molar-refractivity contribution in [2.24, 2.45) is 4.99 Å². The number of pyridine rings is 1. The van der Waals surface area contributed by atoms with Gasteiger partial charge in [-0.05, 0) is 35.9 Å². The number of hydrogen-bond acceptors (Lipinski definition) is 5. The van der Waals surface area contributed by atoms with E-state index in [2.05, 4.69) is 25.3 Å².